The fourth-order valence-corrected chi connectivity index (χ4v) is 3.63. The minimum absolute atomic E-state index is 0.113. The second-order valence-corrected chi connectivity index (χ2v) is 7.72. The number of carboxylic acids is 1. The van der Waals surface area contributed by atoms with Crippen LogP contribution in [0.2, 0.25) is 0 Å². The number of hydrogen-bond donors (Lipinski definition) is 2. The van der Waals surface area contributed by atoms with Crippen LogP contribution in [0.4, 0.5) is 5.69 Å². The van der Waals surface area contributed by atoms with Crippen molar-refractivity contribution in [2.75, 3.05) is 18.1 Å². The van der Waals surface area contributed by atoms with E-state index in [1.807, 2.05) is 24.3 Å². The molecule has 1 amide bonds. The van der Waals surface area contributed by atoms with Crippen LogP contribution in [0.5, 0.6) is 11.5 Å². The average Bonchev–Trinajstić information content (AvgIpc) is 2.73. The number of nitrogens with zero attached hydrogens (tertiary/aromatic N) is 1. The quantitative estimate of drug-likeness (QED) is 0.534. The molecular formula is C24H29NO6. The van der Waals surface area contributed by atoms with Crippen molar-refractivity contribution in [1.82, 2.24) is 0 Å². The number of ether oxygens (including phenoxy) is 2. The Kier molecular flexibility index (Phi) is 7.89. The topological polar surface area (TPSA) is 96.3 Å². The van der Waals surface area contributed by atoms with Gasteiger partial charge in [-0.25, -0.2) is 0 Å². The molecule has 0 aromatic heterocycles. The monoisotopic (exact) mass is 427 g/mol. The number of hydrogen-bond acceptors (Lipinski definition) is 5. The lowest BCUT2D eigenvalue weighted by Gasteiger charge is -2.34. The minimum Gasteiger partial charge on any atom is -0.493 e. The molecule has 1 aliphatic rings. The minimum atomic E-state index is -0.926. The van der Waals surface area contributed by atoms with Crippen molar-refractivity contribution < 1.29 is 29.3 Å². The maximum Gasteiger partial charge on any atom is 0.307 e. The highest BCUT2D eigenvalue weighted by Crippen LogP contribution is 2.34. The highest BCUT2D eigenvalue weighted by Gasteiger charge is 2.33. The average molecular weight is 427 g/mol. The van der Waals surface area contributed by atoms with Crippen molar-refractivity contribution >= 4 is 17.6 Å². The summed E-state index contributed by atoms with van der Waals surface area (Å²) in [6.45, 7) is 2.55. The maximum absolute atomic E-state index is 13.1. The Morgan fingerprint density at radius 1 is 1.16 bits per heavy atom. The summed E-state index contributed by atoms with van der Waals surface area (Å²) in [6, 6.07) is 14.5. The molecule has 0 aliphatic carbocycles. The standard InChI is InChI=1S/C24H29NO6/c1-17(26)8-6-7-14-25-19-10-3-5-12-21(19)31-22(24(25)29)13-15-30-20-11-4-2-9-18(20)16-23(27)28/h2-5,9-12,17,22,26H,6-8,13-16H2,1H3,(H,27,28). The lowest BCUT2D eigenvalue weighted by molar-refractivity contribution is -0.136. The number of aliphatic hydroxyl groups is 1. The molecule has 0 fully saturated rings. The largest absolute Gasteiger partial charge is 0.493 e. The molecule has 7 heteroatoms. The van der Waals surface area contributed by atoms with Crippen molar-refractivity contribution in [3.8, 4) is 11.5 Å². The molecule has 166 valence electrons. The Balaban J connectivity index is 1.63. The third-order valence-corrected chi connectivity index (χ3v) is 5.17. The first-order valence-corrected chi connectivity index (χ1v) is 10.6. The van der Waals surface area contributed by atoms with Gasteiger partial charge in [-0.2, -0.15) is 0 Å². The molecule has 0 spiro atoms. The maximum atomic E-state index is 13.1. The van der Waals surface area contributed by atoms with Crippen molar-refractivity contribution in [1.29, 1.82) is 0 Å². The molecule has 1 heterocycles. The molecule has 1 aliphatic heterocycles. The number of unbranched alkanes of at least 4 members (excludes halogenated alkanes) is 1. The Morgan fingerprint density at radius 2 is 1.90 bits per heavy atom. The molecule has 0 radical (unpaired) electrons. The highest BCUT2D eigenvalue weighted by molar-refractivity contribution is 6.00. The molecule has 2 atom stereocenters. The van der Waals surface area contributed by atoms with Crippen molar-refractivity contribution in [2.24, 2.45) is 0 Å². The third-order valence-electron chi connectivity index (χ3n) is 5.17. The number of anilines is 1. The predicted octanol–water partition coefficient (Wildman–Crippen LogP) is 3.43. The normalized spacial score (nSPS) is 16.4. The molecule has 0 bridgehead atoms. The number of amides is 1. The van der Waals surface area contributed by atoms with Gasteiger partial charge in [-0.05, 0) is 44.4 Å². The van der Waals surface area contributed by atoms with Crippen LogP contribution in [-0.2, 0) is 16.0 Å². The van der Waals surface area contributed by atoms with Gasteiger partial charge in [-0.3, -0.25) is 9.59 Å². The van der Waals surface area contributed by atoms with E-state index in [0.717, 1.165) is 18.5 Å². The molecule has 0 saturated heterocycles. The van der Waals surface area contributed by atoms with Gasteiger partial charge in [0.1, 0.15) is 11.5 Å². The number of benzene rings is 2. The molecule has 2 aromatic carbocycles. The number of fused-ring (bicyclic) bond motifs is 1. The summed E-state index contributed by atoms with van der Waals surface area (Å²) >= 11 is 0. The number of aliphatic carboxylic acids is 1. The summed E-state index contributed by atoms with van der Waals surface area (Å²) in [5.74, 6) is 0.125. The molecule has 2 aromatic rings. The summed E-state index contributed by atoms with van der Waals surface area (Å²) in [5, 5.41) is 18.5. The summed E-state index contributed by atoms with van der Waals surface area (Å²) in [5.41, 5.74) is 1.35. The van der Waals surface area contributed by atoms with E-state index < -0.39 is 12.1 Å². The zero-order chi connectivity index (χ0) is 22.2. The van der Waals surface area contributed by atoms with E-state index in [2.05, 4.69) is 0 Å². The molecule has 7 nitrogen and oxygen atoms in total. The number of aliphatic hydroxyl groups excluding tert-OH is 1. The van der Waals surface area contributed by atoms with Crippen LogP contribution >= 0.6 is 0 Å². The lowest BCUT2D eigenvalue weighted by atomic mass is 10.1. The summed E-state index contributed by atoms with van der Waals surface area (Å²) < 4.78 is 11.7. The van der Waals surface area contributed by atoms with Gasteiger partial charge >= 0.3 is 5.97 Å². The lowest BCUT2D eigenvalue weighted by Crippen LogP contribution is -2.47. The van der Waals surface area contributed by atoms with E-state index in [9.17, 15) is 14.7 Å². The number of carboxylic acid groups (broad SMARTS) is 1. The smallest absolute Gasteiger partial charge is 0.307 e. The highest BCUT2D eigenvalue weighted by atomic mass is 16.5. The van der Waals surface area contributed by atoms with Gasteiger partial charge < -0.3 is 24.6 Å². The number of para-hydroxylation sites is 3. The first kappa shape index (κ1) is 22.6. The zero-order valence-electron chi connectivity index (χ0n) is 17.7. The van der Waals surface area contributed by atoms with Crippen LogP contribution in [0.15, 0.2) is 48.5 Å². The fraction of sp³-hybridized carbons (Fsp3) is 0.417. The summed E-state index contributed by atoms with van der Waals surface area (Å²) in [6.07, 6.45) is 1.53. The SMILES string of the molecule is CC(O)CCCCN1C(=O)C(CCOc2ccccc2CC(=O)O)Oc2ccccc21. The number of rotatable bonds is 11. The van der Waals surface area contributed by atoms with Crippen LogP contribution in [0.1, 0.15) is 38.2 Å². The van der Waals surface area contributed by atoms with Crippen molar-refractivity contribution in [2.45, 2.75) is 51.2 Å². The Hall–Kier alpha value is -3.06. The van der Waals surface area contributed by atoms with Gasteiger partial charge in [-0.1, -0.05) is 30.3 Å². The van der Waals surface area contributed by atoms with Gasteiger partial charge in [-0.15, -0.1) is 0 Å². The van der Waals surface area contributed by atoms with Crippen LogP contribution in [0, 0.1) is 0 Å². The molecule has 0 saturated carbocycles. The number of carbonyl (C=O) groups is 2. The van der Waals surface area contributed by atoms with Gasteiger partial charge in [0.15, 0.2) is 6.10 Å². The third kappa shape index (κ3) is 6.21. The number of carbonyl (C=O) groups excluding carboxylic acids is 1. The Morgan fingerprint density at radius 3 is 2.68 bits per heavy atom. The van der Waals surface area contributed by atoms with Crippen molar-refractivity contribution in [3.63, 3.8) is 0 Å². The van der Waals surface area contributed by atoms with Gasteiger partial charge in [0.2, 0.25) is 0 Å². The van der Waals surface area contributed by atoms with Gasteiger partial charge in [0.05, 0.1) is 24.8 Å². The fourth-order valence-electron chi connectivity index (χ4n) is 3.63. The van der Waals surface area contributed by atoms with E-state index in [1.165, 1.54) is 0 Å². The molecule has 2 unspecified atom stereocenters. The van der Waals surface area contributed by atoms with E-state index in [4.69, 9.17) is 14.6 Å². The summed E-state index contributed by atoms with van der Waals surface area (Å²) in [7, 11) is 0. The van der Waals surface area contributed by atoms with E-state index in [1.54, 1.807) is 36.1 Å². The first-order valence-electron chi connectivity index (χ1n) is 10.6. The van der Waals surface area contributed by atoms with E-state index >= 15 is 0 Å². The van der Waals surface area contributed by atoms with Crippen LogP contribution in [0.25, 0.3) is 0 Å². The molecule has 2 N–H and O–H groups in total. The van der Waals surface area contributed by atoms with E-state index in [-0.39, 0.29) is 25.0 Å². The second kappa shape index (κ2) is 10.8. The Labute approximate surface area is 182 Å². The Bertz CT molecular complexity index is 897. The van der Waals surface area contributed by atoms with Gasteiger partial charge in [0.25, 0.3) is 5.91 Å². The molecule has 3 rings (SSSR count). The zero-order valence-corrected chi connectivity index (χ0v) is 17.7. The van der Waals surface area contributed by atoms with Crippen LogP contribution < -0.4 is 14.4 Å². The van der Waals surface area contributed by atoms with Crippen LogP contribution in [0.3, 0.4) is 0 Å². The summed E-state index contributed by atoms with van der Waals surface area (Å²) in [4.78, 5) is 25.9. The molecular weight excluding hydrogens is 398 g/mol. The predicted molar refractivity (Wildman–Crippen MR) is 117 cm³/mol. The van der Waals surface area contributed by atoms with Gasteiger partial charge in [0, 0.05) is 18.5 Å². The molecule has 31 heavy (non-hydrogen) atoms. The second-order valence-electron chi connectivity index (χ2n) is 7.72. The van der Waals surface area contributed by atoms with E-state index in [0.29, 0.717) is 36.4 Å². The first-order chi connectivity index (χ1) is 15.0. The van der Waals surface area contributed by atoms with Crippen molar-refractivity contribution in [3.05, 3.63) is 54.1 Å². The van der Waals surface area contributed by atoms with Crippen LogP contribution in [-0.4, -0.2) is 47.4 Å².